The van der Waals surface area contributed by atoms with Crippen LogP contribution in [0.15, 0.2) is 40.9 Å². The van der Waals surface area contributed by atoms with Gasteiger partial charge in [0.1, 0.15) is 11.6 Å². The van der Waals surface area contributed by atoms with Gasteiger partial charge in [-0.1, -0.05) is 11.2 Å². The number of nitrogens with zero attached hydrogens (tertiary/aromatic N) is 1. The van der Waals surface area contributed by atoms with Gasteiger partial charge < -0.3 is 15.9 Å². The number of amides is 1. The van der Waals surface area contributed by atoms with Crippen LogP contribution in [0.25, 0.3) is 0 Å². The van der Waals surface area contributed by atoms with Gasteiger partial charge in [-0.2, -0.15) is 0 Å². The highest BCUT2D eigenvalue weighted by atomic mass is 32.1. The normalized spacial score (nSPS) is 11.2. The molecule has 0 aliphatic carbocycles. The summed E-state index contributed by atoms with van der Waals surface area (Å²) in [5, 5.41) is 7.63. The molecule has 3 N–H and O–H groups in total. The minimum Gasteiger partial charge on any atom is -0.384 e. The van der Waals surface area contributed by atoms with Crippen molar-refractivity contribution in [3.8, 4) is 0 Å². The SMILES string of the molecule is N/C(=N\OCC(=O)Nc1ccc(F)cc1F)c1cccs1. The van der Waals surface area contributed by atoms with Crippen LogP contribution in [0.5, 0.6) is 0 Å². The van der Waals surface area contributed by atoms with Crippen molar-refractivity contribution in [3.05, 3.63) is 52.2 Å². The average molecular weight is 311 g/mol. The summed E-state index contributed by atoms with van der Waals surface area (Å²) in [6, 6.07) is 6.37. The van der Waals surface area contributed by atoms with Crippen LogP contribution in [0.2, 0.25) is 0 Å². The molecule has 5 nitrogen and oxygen atoms in total. The summed E-state index contributed by atoms with van der Waals surface area (Å²) in [6.45, 7) is -0.442. The molecule has 0 aliphatic rings. The summed E-state index contributed by atoms with van der Waals surface area (Å²) < 4.78 is 26.0. The molecule has 2 rings (SSSR count). The highest BCUT2D eigenvalue weighted by molar-refractivity contribution is 7.12. The number of halogens is 2. The van der Waals surface area contributed by atoms with Gasteiger partial charge in [0.2, 0.25) is 0 Å². The molecule has 110 valence electrons. The fraction of sp³-hybridized carbons (Fsp3) is 0.0769. The fourth-order valence-electron chi connectivity index (χ4n) is 1.41. The minimum atomic E-state index is -0.870. The standard InChI is InChI=1S/C13H11F2N3O2S/c14-8-3-4-10(9(15)6-8)17-12(19)7-20-18-13(16)11-2-1-5-21-11/h1-6H,7H2,(H2,16,18)(H,17,19). The first-order chi connectivity index (χ1) is 10.1. The van der Waals surface area contributed by atoms with Gasteiger partial charge in [-0.15, -0.1) is 11.3 Å². The number of hydrogen-bond acceptors (Lipinski definition) is 4. The molecule has 0 saturated heterocycles. The number of carbonyl (C=O) groups is 1. The van der Waals surface area contributed by atoms with Gasteiger partial charge in [0.05, 0.1) is 10.6 Å². The summed E-state index contributed by atoms with van der Waals surface area (Å²) in [6.07, 6.45) is 0. The van der Waals surface area contributed by atoms with E-state index < -0.39 is 24.1 Å². The zero-order valence-electron chi connectivity index (χ0n) is 10.7. The lowest BCUT2D eigenvalue weighted by atomic mass is 10.3. The summed E-state index contributed by atoms with van der Waals surface area (Å²) in [4.78, 5) is 17.0. The number of amidine groups is 1. The Labute approximate surface area is 123 Å². The molecule has 0 aliphatic heterocycles. The second-order valence-corrected chi connectivity index (χ2v) is 4.85. The number of carbonyl (C=O) groups excluding carboxylic acids is 1. The lowest BCUT2D eigenvalue weighted by molar-refractivity contribution is -0.120. The highest BCUT2D eigenvalue weighted by Crippen LogP contribution is 2.14. The van der Waals surface area contributed by atoms with Gasteiger partial charge in [0.25, 0.3) is 5.91 Å². The third-order valence-corrected chi connectivity index (χ3v) is 3.23. The molecule has 0 bridgehead atoms. The number of rotatable bonds is 5. The molecule has 0 atom stereocenters. The van der Waals surface area contributed by atoms with Crippen LogP contribution in [-0.4, -0.2) is 18.3 Å². The maximum absolute atomic E-state index is 13.3. The number of nitrogens with two attached hydrogens (primary N) is 1. The van der Waals surface area contributed by atoms with E-state index >= 15 is 0 Å². The van der Waals surface area contributed by atoms with E-state index in [4.69, 9.17) is 10.6 Å². The van der Waals surface area contributed by atoms with Gasteiger partial charge in [-0.3, -0.25) is 4.79 Å². The van der Waals surface area contributed by atoms with Crippen LogP contribution >= 0.6 is 11.3 Å². The van der Waals surface area contributed by atoms with E-state index in [0.29, 0.717) is 10.9 Å². The quantitative estimate of drug-likeness (QED) is 0.505. The van der Waals surface area contributed by atoms with E-state index in [-0.39, 0.29) is 11.5 Å². The van der Waals surface area contributed by atoms with Gasteiger partial charge in [0, 0.05) is 6.07 Å². The zero-order chi connectivity index (χ0) is 15.2. The lowest BCUT2D eigenvalue weighted by Gasteiger charge is -2.05. The molecule has 8 heteroatoms. The number of benzene rings is 1. The van der Waals surface area contributed by atoms with Crippen molar-refractivity contribution < 1.29 is 18.4 Å². The van der Waals surface area contributed by atoms with Gasteiger partial charge in [-0.25, -0.2) is 8.78 Å². The fourth-order valence-corrected chi connectivity index (χ4v) is 2.03. The molecular formula is C13H11F2N3O2S. The molecule has 1 heterocycles. The summed E-state index contributed by atoms with van der Waals surface area (Å²) in [5.74, 6) is -2.09. The van der Waals surface area contributed by atoms with Crippen LogP contribution in [0.4, 0.5) is 14.5 Å². The van der Waals surface area contributed by atoms with Gasteiger partial charge >= 0.3 is 0 Å². The van der Waals surface area contributed by atoms with Crippen molar-refractivity contribution >= 4 is 28.8 Å². The second-order valence-electron chi connectivity index (χ2n) is 3.90. The van der Waals surface area contributed by atoms with E-state index in [1.165, 1.54) is 11.3 Å². The number of hydrogen-bond donors (Lipinski definition) is 2. The first-order valence-electron chi connectivity index (χ1n) is 5.80. The molecule has 1 aromatic heterocycles. The predicted octanol–water partition coefficient (Wildman–Crippen LogP) is 2.30. The highest BCUT2D eigenvalue weighted by Gasteiger charge is 2.08. The van der Waals surface area contributed by atoms with Crippen molar-refractivity contribution in [3.63, 3.8) is 0 Å². The first-order valence-corrected chi connectivity index (χ1v) is 6.68. The topological polar surface area (TPSA) is 76.7 Å². The van der Waals surface area contributed by atoms with Crippen molar-refractivity contribution in [2.75, 3.05) is 11.9 Å². The van der Waals surface area contributed by atoms with Crippen molar-refractivity contribution in [1.29, 1.82) is 0 Å². The largest absolute Gasteiger partial charge is 0.384 e. The Kier molecular flexibility index (Phi) is 4.83. The van der Waals surface area contributed by atoms with Gasteiger partial charge in [0.15, 0.2) is 12.4 Å². The van der Waals surface area contributed by atoms with E-state index in [9.17, 15) is 13.6 Å². The van der Waals surface area contributed by atoms with Gasteiger partial charge in [-0.05, 0) is 23.6 Å². The Balaban J connectivity index is 1.86. The summed E-state index contributed by atoms with van der Waals surface area (Å²) in [5.41, 5.74) is 5.48. The molecule has 1 aromatic carbocycles. The maximum atomic E-state index is 13.3. The Bertz CT molecular complexity index is 659. The van der Waals surface area contributed by atoms with Crippen molar-refractivity contribution in [1.82, 2.24) is 0 Å². The number of nitrogens with one attached hydrogen (secondary N) is 1. The van der Waals surface area contributed by atoms with Crippen molar-refractivity contribution in [2.24, 2.45) is 10.9 Å². The third kappa shape index (κ3) is 4.25. The van der Waals surface area contributed by atoms with Crippen LogP contribution in [0, 0.1) is 11.6 Å². The van der Waals surface area contributed by atoms with E-state index in [1.807, 2.05) is 5.38 Å². The van der Waals surface area contributed by atoms with E-state index in [1.54, 1.807) is 12.1 Å². The molecular weight excluding hydrogens is 300 g/mol. The Hall–Kier alpha value is -2.48. The molecule has 0 spiro atoms. The Morgan fingerprint density at radius 2 is 2.19 bits per heavy atom. The summed E-state index contributed by atoms with van der Waals surface area (Å²) in [7, 11) is 0. The molecule has 0 fully saturated rings. The lowest BCUT2D eigenvalue weighted by Crippen LogP contribution is -2.19. The van der Waals surface area contributed by atoms with Crippen LogP contribution in [-0.2, 0) is 9.63 Å². The number of anilines is 1. The second kappa shape index (κ2) is 6.80. The molecule has 0 saturated carbocycles. The van der Waals surface area contributed by atoms with Crippen molar-refractivity contribution in [2.45, 2.75) is 0 Å². The first kappa shape index (κ1) is 14.9. The summed E-state index contributed by atoms with van der Waals surface area (Å²) >= 11 is 1.37. The minimum absolute atomic E-state index is 0.139. The maximum Gasteiger partial charge on any atom is 0.265 e. The van der Waals surface area contributed by atoms with E-state index in [0.717, 1.165) is 12.1 Å². The Morgan fingerprint density at radius 3 is 2.86 bits per heavy atom. The molecule has 1 amide bonds. The number of oxime groups is 1. The Morgan fingerprint density at radius 1 is 1.38 bits per heavy atom. The van der Waals surface area contributed by atoms with Crippen LogP contribution < -0.4 is 11.1 Å². The average Bonchev–Trinajstić information content (AvgIpc) is 2.96. The van der Waals surface area contributed by atoms with Crippen LogP contribution in [0.1, 0.15) is 4.88 Å². The predicted molar refractivity (Wildman–Crippen MR) is 76.0 cm³/mol. The van der Waals surface area contributed by atoms with Crippen LogP contribution in [0.3, 0.4) is 0 Å². The molecule has 0 unspecified atom stereocenters. The molecule has 21 heavy (non-hydrogen) atoms. The third-order valence-electron chi connectivity index (χ3n) is 2.34. The molecule has 0 radical (unpaired) electrons. The number of thiophene rings is 1. The zero-order valence-corrected chi connectivity index (χ0v) is 11.5. The smallest absolute Gasteiger partial charge is 0.265 e. The van der Waals surface area contributed by atoms with E-state index in [2.05, 4.69) is 10.5 Å². The molecule has 2 aromatic rings. The monoisotopic (exact) mass is 311 g/mol.